The molecule has 3 atom stereocenters. The van der Waals surface area contributed by atoms with Crippen LogP contribution in [0.4, 0.5) is 11.8 Å². The van der Waals surface area contributed by atoms with Gasteiger partial charge in [0.2, 0.25) is 5.95 Å². The normalized spacial score (nSPS) is 22.9. The second kappa shape index (κ2) is 8.80. The quantitative estimate of drug-likeness (QED) is 0.409. The summed E-state index contributed by atoms with van der Waals surface area (Å²) in [6, 6.07) is 5.71. The zero-order chi connectivity index (χ0) is 22.2. The fourth-order valence-corrected chi connectivity index (χ4v) is 5.44. The summed E-state index contributed by atoms with van der Waals surface area (Å²) in [6.07, 6.45) is 3.24. The lowest BCUT2D eigenvalue weighted by Gasteiger charge is -2.20. The molecule has 2 fully saturated rings. The van der Waals surface area contributed by atoms with Crippen molar-refractivity contribution in [3.05, 3.63) is 23.9 Å². The maximum atomic E-state index is 10.6. The molecule has 0 spiro atoms. The van der Waals surface area contributed by atoms with E-state index in [1.165, 1.54) is 12.8 Å². The fourth-order valence-electron chi connectivity index (χ4n) is 4.36. The van der Waals surface area contributed by atoms with E-state index in [1.54, 1.807) is 18.4 Å². The summed E-state index contributed by atoms with van der Waals surface area (Å²) in [5.74, 6) is 2.78. The average molecular weight is 456 g/mol. The third kappa shape index (κ3) is 4.24. The van der Waals surface area contributed by atoms with Crippen LogP contribution in [-0.2, 0) is 0 Å². The van der Waals surface area contributed by atoms with Crippen molar-refractivity contribution in [1.82, 2.24) is 15.0 Å². The zero-order valence-electron chi connectivity index (χ0n) is 18.3. The van der Waals surface area contributed by atoms with Gasteiger partial charge in [0.15, 0.2) is 0 Å². The Morgan fingerprint density at radius 3 is 2.72 bits per heavy atom. The van der Waals surface area contributed by atoms with E-state index in [4.69, 9.17) is 19.7 Å². The number of anilines is 2. The SMILES string of the molecule is COc1cccc2sc(-c3c(C)nc(NCC4CC4)nc3N[C@@H]3C[C@H](CO)C[C@H]3O)nc12. The smallest absolute Gasteiger partial charge is 0.224 e. The highest BCUT2D eigenvalue weighted by molar-refractivity contribution is 7.21. The van der Waals surface area contributed by atoms with E-state index in [2.05, 4.69) is 10.6 Å². The Morgan fingerprint density at radius 2 is 2.00 bits per heavy atom. The molecule has 2 saturated carbocycles. The van der Waals surface area contributed by atoms with Crippen molar-refractivity contribution in [2.24, 2.45) is 11.8 Å². The number of aliphatic hydroxyl groups is 2. The fraction of sp³-hybridized carbons (Fsp3) is 0.522. The monoisotopic (exact) mass is 455 g/mol. The van der Waals surface area contributed by atoms with Crippen LogP contribution < -0.4 is 15.4 Å². The molecule has 0 radical (unpaired) electrons. The molecule has 0 amide bonds. The first kappa shape index (κ1) is 21.4. The van der Waals surface area contributed by atoms with Gasteiger partial charge in [-0.15, -0.1) is 11.3 Å². The van der Waals surface area contributed by atoms with Crippen LogP contribution in [0.2, 0.25) is 0 Å². The maximum absolute atomic E-state index is 10.6. The molecule has 0 bridgehead atoms. The third-order valence-electron chi connectivity index (χ3n) is 6.36. The van der Waals surface area contributed by atoms with Crippen molar-refractivity contribution in [2.75, 3.05) is 30.9 Å². The molecule has 0 aliphatic heterocycles. The van der Waals surface area contributed by atoms with Gasteiger partial charge in [-0.2, -0.15) is 4.98 Å². The summed E-state index contributed by atoms with van der Waals surface area (Å²) in [5.41, 5.74) is 2.48. The Labute approximate surface area is 191 Å². The summed E-state index contributed by atoms with van der Waals surface area (Å²) in [5, 5.41) is 27.7. The Kier molecular flexibility index (Phi) is 5.88. The molecular formula is C23H29N5O3S. The van der Waals surface area contributed by atoms with E-state index in [1.807, 2.05) is 25.1 Å². The molecule has 170 valence electrons. The van der Waals surface area contributed by atoms with Gasteiger partial charge in [-0.05, 0) is 56.6 Å². The first-order chi connectivity index (χ1) is 15.6. The molecule has 5 rings (SSSR count). The molecule has 2 aromatic heterocycles. The number of nitrogens with zero attached hydrogens (tertiary/aromatic N) is 3. The van der Waals surface area contributed by atoms with E-state index < -0.39 is 6.10 Å². The molecule has 3 aromatic rings. The Hall–Kier alpha value is -2.49. The lowest BCUT2D eigenvalue weighted by molar-refractivity contribution is 0.157. The topological polar surface area (TPSA) is 112 Å². The van der Waals surface area contributed by atoms with Gasteiger partial charge in [0.25, 0.3) is 0 Å². The predicted molar refractivity (Wildman–Crippen MR) is 126 cm³/mol. The van der Waals surface area contributed by atoms with E-state index in [-0.39, 0.29) is 18.6 Å². The minimum Gasteiger partial charge on any atom is -0.494 e. The lowest BCUT2D eigenvalue weighted by Crippen LogP contribution is -2.29. The van der Waals surface area contributed by atoms with Crippen LogP contribution in [0.25, 0.3) is 20.8 Å². The van der Waals surface area contributed by atoms with Crippen molar-refractivity contribution < 1.29 is 14.9 Å². The van der Waals surface area contributed by atoms with Gasteiger partial charge in [0, 0.05) is 13.2 Å². The number of ether oxygens (including phenoxy) is 1. The summed E-state index contributed by atoms with van der Waals surface area (Å²) >= 11 is 1.57. The number of fused-ring (bicyclic) bond motifs is 1. The molecule has 32 heavy (non-hydrogen) atoms. The first-order valence-corrected chi connectivity index (χ1v) is 12.0. The summed E-state index contributed by atoms with van der Waals surface area (Å²) in [6.45, 7) is 2.92. The number of nitrogens with one attached hydrogen (secondary N) is 2. The predicted octanol–water partition coefficient (Wildman–Crippen LogP) is 3.44. The van der Waals surface area contributed by atoms with Crippen molar-refractivity contribution >= 4 is 33.3 Å². The lowest BCUT2D eigenvalue weighted by atomic mass is 10.1. The van der Waals surface area contributed by atoms with Crippen molar-refractivity contribution in [1.29, 1.82) is 0 Å². The third-order valence-corrected chi connectivity index (χ3v) is 7.40. The van der Waals surface area contributed by atoms with Crippen LogP contribution >= 0.6 is 11.3 Å². The number of para-hydroxylation sites is 1. The molecule has 2 aliphatic rings. The number of hydrogen-bond acceptors (Lipinski definition) is 9. The maximum Gasteiger partial charge on any atom is 0.224 e. The molecule has 0 saturated heterocycles. The molecule has 4 N–H and O–H groups in total. The van der Waals surface area contributed by atoms with E-state index in [0.717, 1.165) is 38.8 Å². The Bertz CT molecular complexity index is 1120. The summed E-state index contributed by atoms with van der Waals surface area (Å²) in [4.78, 5) is 14.4. The van der Waals surface area contributed by atoms with Crippen molar-refractivity contribution in [3.8, 4) is 16.3 Å². The minimum absolute atomic E-state index is 0.0801. The number of thiazole rings is 1. The average Bonchev–Trinajstić information content (AvgIpc) is 3.41. The van der Waals surface area contributed by atoms with Gasteiger partial charge in [-0.1, -0.05) is 6.07 Å². The van der Waals surface area contributed by atoms with E-state index in [0.29, 0.717) is 30.5 Å². The number of methoxy groups -OCH3 is 1. The van der Waals surface area contributed by atoms with Gasteiger partial charge < -0.3 is 25.6 Å². The molecule has 2 aliphatic carbocycles. The largest absolute Gasteiger partial charge is 0.494 e. The van der Waals surface area contributed by atoms with Crippen molar-refractivity contribution in [3.63, 3.8) is 0 Å². The number of aromatic nitrogens is 3. The van der Waals surface area contributed by atoms with Crippen LogP contribution in [-0.4, -0.2) is 57.6 Å². The van der Waals surface area contributed by atoms with E-state index in [9.17, 15) is 10.2 Å². The molecule has 0 unspecified atom stereocenters. The molecule has 9 heteroatoms. The van der Waals surface area contributed by atoms with Gasteiger partial charge >= 0.3 is 0 Å². The van der Waals surface area contributed by atoms with E-state index >= 15 is 0 Å². The molecule has 8 nitrogen and oxygen atoms in total. The highest BCUT2D eigenvalue weighted by Crippen LogP contribution is 2.40. The van der Waals surface area contributed by atoms with Crippen LogP contribution in [0.1, 0.15) is 31.4 Å². The van der Waals surface area contributed by atoms with Crippen LogP contribution in [0.3, 0.4) is 0 Å². The van der Waals surface area contributed by atoms with Crippen LogP contribution in [0.5, 0.6) is 5.75 Å². The van der Waals surface area contributed by atoms with Crippen molar-refractivity contribution in [2.45, 2.75) is 44.8 Å². The summed E-state index contributed by atoms with van der Waals surface area (Å²) < 4.78 is 6.52. The van der Waals surface area contributed by atoms with Gasteiger partial charge in [0.05, 0.1) is 35.2 Å². The second-order valence-corrected chi connectivity index (χ2v) is 9.88. The number of rotatable bonds is 8. The standard InChI is InChI=1S/C23H29N5O3S/c1-12-19(22-27-20-17(31-2)4-3-5-18(20)32-22)21(26-15-8-14(11-29)9-16(15)30)28-23(25-12)24-10-13-6-7-13/h3-5,13-16,29-30H,6-11H2,1-2H3,(H2,24,25,26,28)/t14-,15+,16+/m0/s1. The Balaban J connectivity index is 1.54. The highest BCUT2D eigenvalue weighted by atomic mass is 32.1. The zero-order valence-corrected chi connectivity index (χ0v) is 19.2. The van der Waals surface area contributed by atoms with Crippen LogP contribution in [0, 0.1) is 18.8 Å². The Morgan fingerprint density at radius 1 is 1.16 bits per heavy atom. The summed E-state index contributed by atoms with van der Waals surface area (Å²) in [7, 11) is 1.65. The molecular weight excluding hydrogens is 426 g/mol. The molecule has 1 aromatic carbocycles. The number of aryl methyl sites for hydroxylation is 1. The minimum atomic E-state index is -0.534. The second-order valence-electron chi connectivity index (χ2n) is 8.84. The molecule has 2 heterocycles. The highest BCUT2D eigenvalue weighted by Gasteiger charge is 2.34. The number of benzene rings is 1. The van der Waals surface area contributed by atoms with Gasteiger partial charge in [0.1, 0.15) is 22.1 Å². The number of aliphatic hydroxyl groups excluding tert-OH is 2. The first-order valence-electron chi connectivity index (χ1n) is 11.2. The van der Waals surface area contributed by atoms with Crippen LogP contribution in [0.15, 0.2) is 18.2 Å². The van der Waals surface area contributed by atoms with Gasteiger partial charge in [-0.3, -0.25) is 0 Å². The van der Waals surface area contributed by atoms with Gasteiger partial charge in [-0.25, -0.2) is 9.97 Å². The number of hydrogen-bond donors (Lipinski definition) is 4.